The fourth-order valence-electron chi connectivity index (χ4n) is 2.13. The number of hydrogen-bond donors (Lipinski definition) is 2. The summed E-state index contributed by atoms with van der Waals surface area (Å²) in [5, 5.41) is 5.02. The zero-order valence-corrected chi connectivity index (χ0v) is 13.3. The van der Waals surface area contributed by atoms with Crippen LogP contribution in [0.25, 0.3) is 0 Å². The van der Waals surface area contributed by atoms with Gasteiger partial charge in [-0.3, -0.25) is 14.4 Å². The standard InChI is InChI=1S/C17H24N2O3/c1-3-4-5-6-7-12-15(20)19-14-11-9-8-10-13(14)16(21)17(22)18-2/h8-11H,3-7,12H2,1-2H3,(H,18,22)(H,19,20). The molecule has 0 unspecified atom stereocenters. The molecular weight excluding hydrogens is 280 g/mol. The molecule has 0 bridgehead atoms. The average Bonchev–Trinajstić information content (AvgIpc) is 2.53. The van der Waals surface area contributed by atoms with E-state index in [4.69, 9.17) is 0 Å². The van der Waals surface area contributed by atoms with Gasteiger partial charge >= 0.3 is 0 Å². The summed E-state index contributed by atoms with van der Waals surface area (Å²) in [5.74, 6) is -1.48. The number of carbonyl (C=O) groups excluding carboxylic acids is 3. The van der Waals surface area contributed by atoms with Crippen LogP contribution in [0.1, 0.15) is 55.8 Å². The third-order valence-electron chi connectivity index (χ3n) is 3.39. The summed E-state index contributed by atoms with van der Waals surface area (Å²) < 4.78 is 0. The van der Waals surface area contributed by atoms with Crippen molar-refractivity contribution in [3.63, 3.8) is 0 Å². The lowest BCUT2D eigenvalue weighted by Gasteiger charge is -2.09. The highest BCUT2D eigenvalue weighted by Gasteiger charge is 2.18. The second kappa shape index (κ2) is 9.71. The van der Waals surface area contributed by atoms with Gasteiger partial charge in [0.05, 0.1) is 11.3 Å². The van der Waals surface area contributed by atoms with Gasteiger partial charge in [-0.2, -0.15) is 0 Å². The number of hydrogen-bond acceptors (Lipinski definition) is 3. The molecule has 1 aromatic carbocycles. The number of anilines is 1. The van der Waals surface area contributed by atoms with Crippen molar-refractivity contribution < 1.29 is 14.4 Å². The summed E-state index contributed by atoms with van der Waals surface area (Å²) in [6.07, 6.45) is 5.77. The Kier molecular flexibility index (Phi) is 7.89. The third kappa shape index (κ3) is 5.68. The first-order chi connectivity index (χ1) is 10.6. The van der Waals surface area contributed by atoms with Crippen molar-refractivity contribution in [2.24, 2.45) is 0 Å². The maximum atomic E-state index is 11.9. The van der Waals surface area contributed by atoms with Crippen molar-refractivity contribution in [1.82, 2.24) is 5.32 Å². The molecule has 0 saturated heterocycles. The van der Waals surface area contributed by atoms with E-state index in [1.165, 1.54) is 26.0 Å². The van der Waals surface area contributed by atoms with Crippen molar-refractivity contribution in [2.75, 3.05) is 12.4 Å². The number of benzene rings is 1. The zero-order chi connectivity index (χ0) is 16.4. The zero-order valence-electron chi connectivity index (χ0n) is 13.3. The van der Waals surface area contributed by atoms with Gasteiger partial charge in [-0.1, -0.05) is 44.7 Å². The van der Waals surface area contributed by atoms with Crippen LogP contribution < -0.4 is 10.6 Å². The normalized spacial score (nSPS) is 10.1. The van der Waals surface area contributed by atoms with Crippen LogP contribution in [0.3, 0.4) is 0 Å². The first-order valence-corrected chi connectivity index (χ1v) is 7.75. The summed E-state index contributed by atoms with van der Waals surface area (Å²) in [6, 6.07) is 6.55. The largest absolute Gasteiger partial charge is 0.352 e. The van der Waals surface area contributed by atoms with Gasteiger partial charge in [0.1, 0.15) is 0 Å². The minimum Gasteiger partial charge on any atom is -0.352 e. The van der Waals surface area contributed by atoms with Crippen LogP contribution in [0.2, 0.25) is 0 Å². The number of likely N-dealkylation sites (N-methyl/N-ethyl adjacent to an activating group) is 1. The molecule has 5 heteroatoms. The highest BCUT2D eigenvalue weighted by atomic mass is 16.2. The summed E-state index contributed by atoms with van der Waals surface area (Å²) in [7, 11) is 1.40. The van der Waals surface area contributed by atoms with Crippen molar-refractivity contribution in [3.8, 4) is 0 Å². The van der Waals surface area contributed by atoms with Crippen LogP contribution >= 0.6 is 0 Å². The number of Topliss-reactive ketones (excluding diaryl/α,β-unsaturated/α-hetero) is 1. The molecule has 1 rings (SSSR count). The Labute approximate surface area is 131 Å². The molecule has 0 aliphatic rings. The number of ketones is 1. The molecule has 0 fully saturated rings. The fourth-order valence-corrected chi connectivity index (χ4v) is 2.13. The first-order valence-electron chi connectivity index (χ1n) is 7.75. The van der Waals surface area contributed by atoms with Gasteiger partial charge in [0.25, 0.3) is 11.7 Å². The van der Waals surface area contributed by atoms with E-state index in [1.54, 1.807) is 18.2 Å². The molecule has 0 radical (unpaired) electrons. The Morgan fingerprint density at radius 1 is 1.00 bits per heavy atom. The molecule has 2 N–H and O–H groups in total. The van der Waals surface area contributed by atoms with Crippen LogP contribution in [0, 0.1) is 0 Å². The average molecular weight is 304 g/mol. The monoisotopic (exact) mass is 304 g/mol. The molecule has 0 aromatic heterocycles. The van der Waals surface area contributed by atoms with Crippen molar-refractivity contribution in [1.29, 1.82) is 0 Å². The predicted molar refractivity (Wildman–Crippen MR) is 86.8 cm³/mol. The Balaban J connectivity index is 2.60. The molecular formula is C17H24N2O3. The Hall–Kier alpha value is -2.17. The first kappa shape index (κ1) is 17.9. The molecule has 2 amide bonds. The Bertz CT molecular complexity index is 526. The maximum absolute atomic E-state index is 11.9. The van der Waals surface area contributed by atoms with E-state index < -0.39 is 11.7 Å². The molecule has 5 nitrogen and oxygen atoms in total. The van der Waals surface area contributed by atoms with E-state index in [-0.39, 0.29) is 11.5 Å². The molecule has 120 valence electrons. The lowest BCUT2D eigenvalue weighted by Crippen LogP contribution is -2.28. The van der Waals surface area contributed by atoms with Crippen molar-refractivity contribution in [2.45, 2.75) is 45.4 Å². The van der Waals surface area contributed by atoms with Gasteiger partial charge in [0.2, 0.25) is 5.91 Å². The lowest BCUT2D eigenvalue weighted by atomic mass is 10.1. The van der Waals surface area contributed by atoms with Gasteiger partial charge in [0.15, 0.2) is 0 Å². The third-order valence-corrected chi connectivity index (χ3v) is 3.39. The predicted octanol–water partition coefficient (Wildman–Crippen LogP) is 2.91. The van der Waals surface area contributed by atoms with Crippen molar-refractivity contribution in [3.05, 3.63) is 29.8 Å². The number of unbranched alkanes of at least 4 members (excludes halogenated alkanes) is 4. The summed E-state index contributed by atoms with van der Waals surface area (Å²) in [6.45, 7) is 2.15. The van der Waals surface area contributed by atoms with E-state index in [9.17, 15) is 14.4 Å². The summed E-state index contributed by atoms with van der Waals surface area (Å²) in [5.41, 5.74) is 0.593. The SMILES string of the molecule is CCCCCCCC(=O)Nc1ccccc1C(=O)C(=O)NC. The van der Waals surface area contributed by atoms with Gasteiger partial charge in [-0.05, 0) is 18.6 Å². The van der Waals surface area contributed by atoms with E-state index in [2.05, 4.69) is 17.6 Å². The smallest absolute Gasteiger partial charge is 0.292 e. The lowest BCUT2D eigenvalue weighted by molar-refractivity contribution is -0.117. The summed E-state index contributed by atoms with van der Waals surface area (Å²) in [4.78, 5) is 35.3. The number of rotatable bonds is 9. The summed E-state index contributed by atoms with van der Waals surface area (Å²) >= 11 is 0. The van der Waals surface area contributed by atoms with Crippen LogP contribution in [-0.4, -0.2) is 24.6 Å². The van der Waals surface area contributed by atoms with Gasteiger partial charge in [0, 0.05) is 13.5 Å². The highest BCUT2D eigenvalue weighted by Crippen LogP contribution is 2.16. The fraction of sp³-hybridized carbons (Fsp3) is 0.471. The number of carbonyl (C=O) groups is 3. The Morgan fingerprint density at radius 3 is 2.36 bits per heavy atom. The Morgan fingerprint density at radius 2 is 1.68 bits per heavy atom. The van der Waals surface area contributed by atoms with Crippen LogP contribution in [0.4, 0.5) is 5.69 Å². The number of nitrogens with one attached hydrogen (secondary N) is 2. The van der Waals surface area contributed by atoms with Crippen molar-refractivity contribution >= 4 is 23.3 Å². The number of amides is 2. The molecule has 0 aliphatic carbocycles. The van der Waals surface area contributed by atoms with Crippen LogP contribution in [-0.2, 0) is 9.59 Å². The quantitative estimate of drug-likeness (QED) is 0.418. The minimum atomic E-state index is -0.693. The minimum absolute atomic E-state index is 0.131. The van der Waals surface area contributed by atoms with Gasteiger partial charge in [-0.15, -0.1) is 0 Å². The maximum Gasteiger partial charge on any atom is 0.292 e. The second-order valence-corrected chi connectivity index (χ2v) is 5.17. The van der Waals surface area contributed by atoms with E-state index in [0.29, 0.717) is 12.1 Å². The molecule has 1 aromatic rings. The molecule has 0 heterocycles. The highest BCUT2D eigenvalue weighted by molar-refractivity contribution is 6.44. The molecule has 0 aliphatic heterocycles. The molecule has 0 atom stereocenters. The van der Waals surface area contributed by atoms with Crippen LogP contribution in [0.5, 0.6) is 0 Å². The van der Waals surface area contributed by atoms with E-state index in [0.717, 1.165) is 19.3 Å². The number of para-hydroxylation sites is 1. The molecule has 0 spiro atoms. The van der Waals surface area contributed by atoms with E-state index >= 15 is 0 Å². The second-order valence-electron chi connectivity index (χ2n) is 5.17. The van der Waals surface area contributed by atoms with Gasteiger partial charge < -0.3 is 10.6 Å². The molecule has 0 saturated carbocycles. The topological polar surface area (TPSA) is 75.3 Å². The van der Waals surface area contributed by atoms with Crippen LogP contribution in [0.15, 0.2) is 24.3 Å². The van der Waals surface area contributed by atoms with Gasteiger partial charge in [-0.25, -0.2) is 0 Å². The molecule has 22 heavy (non-hydrogen) atoms. The van der Waals surface area contributed by atoms with E-state index in [1.807, 2.05) is 0 Å².